The first-order valence-corrected chi connectivity index (χ1v) is 7.97. The second-order valence-corrected chi connectivity index (χ2v) is 6.00. The number of aromatic nitrogens is 1. The fourth-order valence-corrected chi connectivity index (χ4v) is 2.92. The number of halogens is 1. The number of amides is 1. The topological polar surface area (TPSA) is 63.6 Å². The summed E-state index contributed by atoms with van der Waals surface area (Å²) < 4.78 is 1.01. The molecular weight excluding hydrogens is 334 g/mol. The van der Waals surface area contributed by atoms with E-state index in [-0.39, 0.29) is 12.5 Å². The molecule has 0 saturated heterocycles. The Bertz CT molecular complexity index is 830. The number of fused-ring (bicyclic) bond motifs is 1. The Kier molecular flexibility index (Phi) is 4.85. The first-order valence-electron chi connectivity index (χ1n) is 6.77. The Morgan fingerprint density at radius 1 is 1.26 bits per heavy atom. The Labute approximate surface area is 141 Å². The molecule has 0 fully saturated rings. The van der Waals surface area contributed by atoms with Crippen molar-refractivity contribution >= 4 is 50.4 Å². The van der Waals surface area contributed by atoms with Gasteiger partial charge in [0.05, 0.1) is 16.4 Å². The van der Waals surface area contributed by atoms with Crippen molar-refractivity contribution in [3.8, 4) is 0 Å². The molecule has 1 amide bonds. The third kappa shape index (κ3) is 4.06. The molecule has 1 heterocycles. The molecule has 0 radical (unpaired) electrons. The van der Waals surface area contributed by atoms with Crippen LogP contribution in [0.5, 0.6) is 0 Å². The van der Waals surface area contributed by atoms with Gasteiger partial charge >= 0.3 is 0 Å². The Morgan fingerprint density at radius 2 is 2.04 bits per heavy atom. The molecule has 23 heavy (non-hydrogen) atoms. The van der Waals surface area contributed by atoms with Crippen LogP contribution in [-0.4, -0.2) is 23.7 Å². The van der Waals surface area contributed by atoms with E-state index in [4.69, 9.17) is 16.4 Å². The molecule has 0 unspecified atom stereocenters. The second-order valence-electron chi connectivity index (χ2n) is 4.56. The summed E-state index contributed by atoms with van der Waals surface area (Å²) in [5.41, 5.74) is 1.58. The van der Waals surface area contributed by atoms with E-state index in [2.05, 4.69) is 15.5 Å². The van der Waals surface area contributed by atoms with Crippen molar-refractivity contribution in [1.82, 2.24) is 4.98 Å². The quantitative estimate of drug-likeness (QED) is 0.562. The van der Waals surface area contributed by atoms with E-state index in [0.29, 0.717) is 10.2 Å². The highest BCUT2D eigenvalue weighted by Gasteiger charge is 2.07. The molecule has 0 aliphatic heterocycles. The first kappa shape index (κ1) is 15.5. The van der Waals surface area contributed by atoms with Crippen molar-refractivity contribution in [2.45, 2.75) is 0 Å². The predicted molar refractivity (Wildman–Crippen MR) is 93.2 cm³/mol. The van der Waals surface area contributed by atoms with Crippen LogP contribution in [0.25, 0.3) is 10.2 Å². The van der Waals surface area contributed by atoms with Crippen molar-refractivity contribution in [2.75, 3.05) is 11.9 Å². The fourth-order valence-electron chi connectivity index (χ4n) is 1.85. The summed E-state index contributed by atoms with van der Waals surface area (Å²) in [7, 11) is 0. The fraction of sp³-hybridized carbons (Fsp3) is 0.0625. The van der Waals surface area contributed by atoms with Gasteiger partial charge in [-0.25, -0.2) is 4.98 Å². The van der Waals surface area contributed by atoms with Crippen LogP contribution in [0.4, 0.5) is 5.13 Å². The zero-order valence-electron chi connectivity index (χ0n) is 11.9. The molecule has 0 aliphatic carbocycles. The van der Waals surface area contributed by atoms with Crippen molar-refractivity contribution in [3.05, 3.63) is 59.1 Å². The molecule has 3 aromatic rings. The maximum Gasteiger partial charge on any atom is 0.266 e. The molecule has 0 spiro atoms. The second kappa shape index (κ2) is 7.21. The number of anilines is 1. The minimum absolute atomic E-state index is 0.198. The lowest BCUT2D eigenvalue weighted by Crippen LogP contribution is -2.16. The number of carbonyl (C=O) groups excluding carboxylic acids is 1. The van der Waals surface area contributed by atoms with E-state index in [1.54, 1.807) is 12.1 Å². The van der Waals surface area contributed by atoms with Crippen molar-refractivity contribution < 1.29 is 9.63 Å². The van der Waals surface area contributed by atoms with Gasteiger partial charge in [-0.05, 0) is 18.2 Å². The van der Waals surface area contributed by atoms with Crippen LogP contribution >= 0.6 is 22.9 Å². The minimum Gasteiger partial charge on any atom is -0.386 e. The Balaban J connectivity index is 1.52. The van der Waals surface area contributed by atoms with E-state index in [9.17, 15) is 4.79 Å². The normalized spacial score (nSPS) is 11.0. The van der Waals surface area contributed by atoms with Gasteiger partial charge in [-0.15, -0.1) is 0 Å². The molecule has 1 N–H and O–H groups in total. The predicted octanol–water partition coefficient (Wildman–Crippen LogP) is 3.94. The van der Waals surface area contributed by atoms with E-state index in [1.165, 1.54) is 17.6 Å². The molecule has 0 saturated carbocycles. The number of para-hydroxylation sites is 1. The maximum absolute atomic E-state index is 11.8. The van der Waals surface area contributed by atoms with Crippen molar-refractivity contribution in [2.24, 2.45) is 5.16 Å². The molecule has 5 nitrogen and oxygen atoms in total. The SMILES string of the molecule is O=C(CO/N=C\c1ccccc1Cl)Nc1nc2ccccc2s1. The van der Waals surface area contributed by atoms with E-state index >= 15 is 0 Å². The number of benzene rings is 2. The average molecular weight is 346 g/mol. The smallest absolute Gasteiger partial charge is 0.266 e. The molecule has 116 valence electrons. The summed E-state index contributed by atoms with van der Waals surface area (Å²) in [5.74, 6) is -0.319. The molecule has 2 aromatic carbocycles. The average Bonchev–Trinajstić information content (AvgIpc) is 2.95. The van der Waals surface area contributed by atoms with Crippen LogP contribution in [0, 0.1) is 0 Å². The van der Waals surface area contributed by atoms with Crippen molar-refractivity contribution in [3.63, 3.8) is 0 Å². The molecule has 0 aliphatic rings. The van der Waals surface area contributed by atoms with Gasteiger partial charge in [0.15, 0.2) is 11.7 Å². The minimum atomic E-state index is -0.319. The molecule has 7 heteroatoms. The standard InChI is InChI=1S/C16H12ClN3O2S/c17-12-6-2-1-5-11(12)9-18-22-10-15(21)20-16-19-13-7-3-4-8-14(13)23-16/h1-9H,10H2,(H,19,20,21)/b18-9-. The molecule has 0 bridgehead atoms. The van der Waals surface area contributed by atoms with Crippen LogP contribution in [0.2, 0.25) is 5.02 Å². The van der Waals surface area contributed by atoms with Gasteiger partial charge in [-0.2, -0.15) is 0 Å². The first-order chi connectivity index (χ1) is 11.2. The summed E-state index contributed by atoms with van der Waals surface area (Å²) in [6.07, 6.45) is 1.47. The van der Waals surface area contributed by atoms with Crippen LogP contribution in [0.15, 0.2) is 53.7 Å². The van der Waals surface area contributed by atoms with Gasteiger partial charge in [0, 0.05) is 10.6 Å². The van der Waals surface area contributed by atoms with E-state index in [1.807, 2.05) is 36.4 Å². The van der Waals surface area contributed by atoms with Gasteiger partial charge in [0.2, 0.25) is 0 Å². The highest BCUT2D eigenvalue weighted by atomic mass is 35.5. The van der Waals surface area contributed by atoms with Crippen LogP contribution in [0.1, 0.15) is 5.56 Å². The third-order valence-corrected chi connectivity index (χ3v) is 4.20. The molecule has 1 aromatic heterocycles. The Morgan fingerprint density at radius 3 is 2.87 bits per heavy atom. The van der Waals surface area contributed by atoms with Crippen LogP contribution in [-0.2, 0) is 9.63 Å². The zero-order chi connectivity index (χ0) is 16.1. The number of hydrogen-bond donors (Lipinski definition) is 1. The van der Waals surface area contributed by atoms with Crippen molar-refractivity contribution in [1.29, 1.82) is 0 Å². The lowest BCUT2D eigenvalue weighted by atomic mass is 10.2. The maximum atomic E-state index is 11.8. The number of thiazole rings is 1. The largest absolute Gasteiger partial charge is 0.386 e. The molecular formula is C16H12ClN3O2S. The number of nitrogens with zero attached hydrogens (tertiary/aromatic N) is 2. The van der Waals surface area contributed by atoms with E-state index in [0.717, 1.165) is 15.8 Å². The summed E-state index contributed by atoms with van der Waals surface area (Å²) in [5, 5.41) is 7.53. The number of carbonyl (C=O) groups is 1. The Hall–Kier alpha value is -2.44. The van der Waals surface area contributed by atoms with Gasteiger partial charge in [0.1, 0.15) is 0 Å². The zero-order valence-corrected chi connectivity index (χ0v) is 13.5. The van der Waals surface area contributed by atoms with Crippen LogP contribution < -0.4 is 5.32 Å². The highest BCUT2D eigenvalue weighted by molar-refractivity contribution is 7.22. The number of hydrogen-bond acceptors (Lipinski definition) is 5. The summed E-state index contributed by atoms with van der Waals surface area (Å²) in [6.45, 7) is -0.198. The summed E-state index contributed by atoms with van der Waals surface area (Å²) >= 11 is 7.39. The number of nitrogens with one attached hydrogen (secondary N) is 1. The van der Waals surface area contributed by atoms with Gasteiger partial charge in [-0.1, -0.05) is 58.4 Å². The van der Waals surface area contributed by atoms with Crippen LogP contribution in [0.3, 0.4) is 0 Å². The molecule has 3 rings (SSSR count). The monoisotopic (exact) mass is 345 g/mol. The molecule has 0 atom stereocenters. The number of rotatable bonds is 5. The lowest BCUT2D eigenvalue weighted by molar-refractivity contribution is -0.120. The van der Waals surface area contributed by atoms with Gasteiger partial charge in [-0.3, -0.25) is 10.1 Å². The lowest BCUT2D eigenvalue weighted by Gasteiger charge is -2.00. The third-order valence-electron chi connectivity index (χ3n) is 2.91. The highest BCUT2D eigenvalue weighted by Crippen LogP contribution is 2.25. The van der Waals surface area contributed by atoms with E-state index < -0.39 is 0 Å². The van der Waals surface area contributed by atoms with Gasteiger partial charge in [0.25, 0.3) is 5.91 Å². The summed E-state index contributed by atoms with van der Waals surface area (Å²) in [4.78, 5) is 21.1. The summed E-state index contributed by atoms with van der Waals surface area (Å²) in [6, 6.07) is 14.9. The number of oxime groups is 1. The van der Waals surface area contributed by atoms with Gasteiger partial charge < -0.3 is 4.84 Å².